The van der Waals surface area contributed by atoms with E-state index >= 15 is 0 Å². The average molecular weight is 366 g/mol. The molecule has 1 saturated heterocycles. The summed E-state index contributed by atoms with van der Waals surface area (Å²) in [7, 11) is -2.27. The van der Waals surface area contributed by atoms with E-state index in [1.807, 2.05) is 12.3 Å². The van der Waals surface area contributed by atoms with Crippen molar-refractivity contribution in [2.24, 2.45) is 0 Å². The predicted octanol–water partition coefficient (Wildman–Crippen LogP) is 2.13. The molecule has 25 heavy (non-hydrogen) atoms. The smallest absolute Gasteiger partial charge is 0.244 e. The van der Waals surface area contributed by atoms with Crippen LogP contribution in [0.4, 0.5) is 5.69 Å². The van der Waals surface area contributed by atoms with Crippen LogP contribution in [0.1, 0.15) is 32.6 Å². The predicted molar refractivity (Wildman–Crippen MR) is 96.9 cm³/mol. The minimum absolute atomic E-state index is 0.117. The molecule has 1 fully saturated rings. The van der Waals surface area contributed by atoms with Crippen LogP contribution in [0.5, 0.6) is 5.75 Å². The van der Waals surface area contributed by atoms with E-state index in [0.717, 1.165) is 31.5 Å². The molecule has 1 atom stereocenters. The molecule has 0 bridgehead atoms. The summed E-state index contributed by atoms with van der Waals surface area (Å²) < 4.78 is 33.5. The zero-order chi connectivity index (χ0) is 18.3. The van der Waals surface area contributed by atoms with E-state index < -0.39 is 10.0 Å². The molecular weight excluding hydrogens is 340 g/mol. The Bertz CT molecular complexity index is 715. The van der Waals surface area contributed by atoms with Crippen molar-refractivity contribution in [3.8, 4) is 11.9 Å². The fourth-order valence-corrected chi connectivity index (χ4v) is 4.29. The highest BCUT2D eigenvalue weighted by molar-refractivity contribution is 7.89. The van der Waals surface area contributed by atoms with Crippen molar-refractivity contribution < 1.29 is 13.2 Å². The third kappa shape index (κ3) is 5.25. The number of hydrogen-bond acceptors (Lipinski definition) is 6. The summed E-state index contributed by atoms with van der Waals surface area (Å²) in [6, 6.07) is 4.81. The Hall–Kier alpha value is -1.98. The van der Waals surface area contributed by atoms with E-state index in [1.165, 1.54) is 7.11 Å². The molecule has 0 radical (unpaired) electrons. The second-order valence-electron chi connectivity index (χ2n) is 6.15. The van der Waals surface area contributed by atoms with Crippen LogP contribution >= 0.6 is 0 Å². The van der Waals surface area contributed by atoms with Crippen molar-refractivity contribution in [2.75, 3.05) is 32.1 Å². The number of nitriles is 1. The summed E-state index contributed by atoms with van der Waals surface area (Å²) in [6.07, 6.45) is 5.97. The van der Waals surface area contributed by atoms with Gasteiger partial charge in [0.25, 0.3) is 0 Å². The van der Waals surface area contributed by atoms with E-state index in [4.69, 9.17) is 10.00 Å². The van der Waals surface area contributed by atoms with Gasteiger partial charge in [0.15, 0.2) is 6.19 Å². The highest BCUT2D eigenvalue weighted by atomic mass is 32.2. The van der Waals surface area contributed by atoms with E-state index in [9.17, 15) is 8.42 Å². The van der Waals surface area contributed by atoms with E-state index in [1.54, 1.807) is 17.0 Å². The molecule has 1 aromatic carbocycles. The van der Waals surface area contributed by atoms with Crippen molar-refractivity contribution in [2.45, 2.75) is 43.5 Å². The van der Waals surface area contributed by atoms with E-state index in [0.29, 0.717) is 25.3 Å². The zero-order valence-electron chi connectivity index (χ0n) is 14.8. The van der Waals surface area contributed by atoms with Gasteiger partial charge in [-0.25, -0.2) is 13.1 Å². The molecule has 138 valence electrons. The molecule has 7 nitrogen and oxygen atoms in total. The van der Waals surface area contributed by atoms with Crippen molar-refractivity contribution in [1.82, 2.24) is 9.62 Å². The standard InChI is InChI=1S/C17H26N4O3S/c1-3-4-5-9-19-14-6-7-16(24-2)17(11-14)25(22,23)20-15-8-10-21(12-15)13-18/h6-7,11,15,19-20H,3-5,8-10,12H2,1-2H3/t15-/m1/s1. The fraction of sp³-hybridized carbons (Fsp3) is 0.588. The number of nitrogens with zero attached hydrogens (tertiary/aromatic N) is 2. The van der Waals surface area contributed by atoms with Gasteiger partial charge in [0.1, 0.15) is 10.6 Å². The first-order valence-corrected chi connectivity index (χ1v) is 10.1. The van der Waals surface area contributed by atoms with Gasteiger partial charge >= 0.3 is 0 Å². The van der Waals surface area contributed by atoms with Gasteiger partial charge in [-0.3, -0.25) is 0 Å². The number of ether oxygens (including phenoxy) is 1. The SMILES string of the molecule is CCCCCNc1ccc(OC)c(S(=O)(=O)N[C@@H]2CCN(C#N)C2)c1. The maximum absolute atomic E-state index is 12.8. The molecule has 2 N–H and O–H groups in total. The normalized spacial score (nSPS) is 17.3. The quantitative estimate of drug-likeness (QED) is 0.514. The molecule has 1 aliphatic heterocycles. The second kappa shape index (κ2) is 8.92. The summed E-state index contributed by atoms with van der Waals surface area (Å²) in [4.78, 5) is 1.67. The van der Waals surface area contributed by atoms with Crippen LogP contribution in [0.3, 0.4) is 0 Å². The van der Waals surface area contributed by atoms with Crippen LogP contribution in [0.2, 0.25) is 0 Å². The minimum atomic E-state index is -3.73. The number of likely N-dealkylation sites (tertiary alicyclic amines) is 1. The average Bonchev–Trinajstić information content (AvgIpc) is 3.05. The first kappa shape index (κ1) is 19.3. The Balaban J connectivity index is 2.13. The van der Waals surface area contributed by atoms with Crippen molar-refractivity contribution in [3.63, 3.8) is 0 Å². The maximum atomic E-state index is 12.8. The van der Waals surface area contributed by atoms with Gasteiger partial charge in [-0.15, -0.1) is 0 Å². The summed E-state index contributed by atoms with van der Waals surface area (Å²) in [5.74, 6) is 0.307. The first-order chi connectivity index (χ1) is 12.0. The lowest BCUT2D eigenvalue weighted by Crippen LogP contribution is -2.36. The Morgan fingerprint density at radius 1 is 1.40 bits per heavy atom. The lowest BCUT2D eigenvalue weighted by atomic mass is 10.2. The van der Waals surface area contributed by atoms with Gasteiger partial charge in [-0.2, -0.15) is 5.26 Å². The molecule has 2 rings (SSSR count). The number of anilines is 1. The molecular formula is C17H26N4O3S. The van der Waals surface area contributed by atoms with Crippen LogP contribution in [-0.4, -0.2) is 46.1 Å². The van der Waals surface area contributed by atoms with Crippen LogP contribution in [-0.2, 0) is 10.0 Å². The zero-order valence-corrected chi connectivity index (χ0v) is 15.6. The number of hydrogen-bond donors (Lipinski definition) is 2. The molecule has 0 saturated carbocycles. The summed E-state index contributed by atoms with van der Waals surface area (Å²) in [6.45, 7) is 3.90. The molecule has 1 aromatic rings. The topological polar surface area (TPSA) is 94.5 Å². The third-order valence-electron chi connectivity index (χ3n) is 4.21. The number of nitrogens with one attached hydrogen (secondary N) is 2. The Kier molecular flexibility index (Phi) is 6.91. The van der Waals surface area contributed by atoms with Crippen LogP contribution in [0.15, 0.2) is 23.1 Å². The number of methoxy groups -OCH3 is 1. The molecule has 0 aliphatic carbocycles. The molecule has 1 heterocycles. The fourth-order valence-electron chi connectivity index (χ4n) is 2.83. The van der Waals surface area contributed by atoms with Crippen molar-refractivity contribution in [3.05, 3.63) is 18.2 Å². The lowest BCUT2D eigenvalue weighted by molar-refractivity contribution is 0.402. The van der Waals surface area contributed by atoms with Gasteiger partial charge in [0.05, 0.1) is 7.11 Å². The van der Waals surface area contributed by atoms with Crippen molar-refractivity contribution in [1.29, 1.82) is 5.26 Å². The summed E-state index contributed by atoms with van der Waals surface area (Å²) in [5, 5.41) is 12.2. The summed E-state index contributed by atoms with van der Waals surface area (Å²) >= 11 is 0. The number of rotatable bonds is 9. The van der Waals surface area contributed by atoms with Crippen molar-refractivity contribution >= 4 is 15.7 Å². The molecule has 0 aromatic heterocycles. The largest absolute Gasteiger partial charge is 0.495 e. The number of unbranched alkanes of at least 4 members (excludes halogenated alkanes) is 2. The molecule has 1 aliphatic rings. The molecule has 8 heteroatoms. The molecule has 0 amide bonds. The van der Waals surface area contributed by atoms with Gasteiger partial charge in [-0.05, 0) is 31.0 Å². The summed E-state index contributed by atoms with van der Waals surface area (Å²) in [5.41, 5.74) is 0.752. The van der Waals surface area contributed by atoms with Crippen LogP contribution in [0, 0.1) is 11.5 Å². The second-order valence-corrected chi connectivity index (χ2v) is 7.83. The lowest BCUT2D eigenvalue weighted by Gasteiger charge is -2.16. The maximum Gasteiger partial charge on any atom is 0.244 e. The van der Waals surface area contributed by atoms with Gasteiger partial charge in [0, 0.05) is 31.4 Å². The Labute approximate surface area is 150 Å². The van der Waals surface area contributed by atoms with Crippen LogP contribution in [0.25, 0.3) is 0 Å². The van der Waals surface area contributed by atoms with Gasteiger partial charge in [-0.1, -0.05) is 19.8 Å². The monoisotopic (exact) mass is 366 g/mol. The minimum Gasteiger partial charge on any atom is -0.495 e. The highest BCUT2D eigenvalue weighted by Gasteiger charge is 2.28. The van der Waals surface area contributed by atoms with E-state index in [-0.39, 0.29) is 10.9 Å². The van der Waals surface area contributed by atoms with E-state index in [2.05, 4.69) is 17.0 Å². The number of sulfonamides is 1. The number of benzene rings is 1. The Morgan fingerprint density at radius 3 is 2.84 bits per heavy atom. The highest BCUT2D eigenvalue weighted by Crippen LogP contribution is 2.28. The van der Waals surface area contributed by atoms with Crippen LogP contribution < -0.4 is 14.8 Å². The molecule has 0 unspecified atom stereocenters. The third-order valence-corrected chi connectivity index (χ3v) is 5.76. The Morgan fingerprint density at radius 2 is 2.20 bits per heavy atom. The van der Waals surface area contributed by atoms with Gasteiger partial charge in [0.2, 0.25) is 10.0 Å². The molecule has 0 spiro atoms. The van der Waals surface area contributed by atoms with Gasteiger partial charge < -0.3 is 15.0 Å². The first-order valence-electron chi connectivity index (χ1n) is 8.59.